The van der Waals surface area contributed by atoms with Gasteiger partial charge in [0.05, 0.1) is 18.6 Å². The number of hydrogen-bond donors (Lipinski definition) is 0. The molecule has 0 saturated heterocycles. The lowest BCUT2D eigenvalue weighted by atomic mass is 9.67. The van der Waals surface area contributed by atoms with Crippen molar-refractivity contribution in [3.63, 3.8) is 0 Å². The smallest absolute Gasteiger partial charge is 0.122 e. The maximum atomic E-state index is 6.04. The average molecular weight is 463 g/mol. The predicted octanol–water partition coefficient (Wildman–Crippen LogP) is 8.24. The molecule has 178 valence electrons. The van der Waals surface area contributed by atoms with Crippen LogP contribution in [0.2, 0.25) is 0 Å². The van der Waals surface area contributed by atoms with Crippen LogP contribution in [0.4, 0.5) is 0 Å². The van der Waals surface area contributed by atoms with E-state index in [-0.39, 0.29) is 0 Å². The molecule has 1 aliphatic rings. The van der Waals surface area contributed by atoms with Crippen molar-refractivity contribution < 1.29 is 9.47 Å². The zero-order valence-electron chi connectivity index (χ0n) is 21.2. The Labute approximate surface area is 209 Å². The fourth-order valence-electron chi connectivity index (χ4n) is 5.54. The van der Waals surface area contributed by atoms with E-state index < -0.39 is 5.41 Å². The second-order valence-corrected chi connectivity index (χ2v) is 9.50. The zero-order chi connectivity index (χ0) is 24.4. The SMILES string of the molecule is CCCOc1ccc(C2(c3ccc(OCCC)c(C)c3)c3ccccc3-c3ccccc32)cc1C. The fraction of sp³-hybridized carbons (Fsp3) is 0.273. The highest BCUT2D eigenvalue weighted by molar-refractivity contribution is 5.86. The number of aryl methyl sites for hydroxylation is 2. The monoisotopic (exact) mass is 462 g/mol. The topological polar surface area (TPSA) is 18.5 Å². The van der Waals surface area contributed by atoms with E-state index in [1.54, 1.807) is 0 Å². The summed E-state index contributed by atoms with van der Waals surface area (Å²) in [5.41, 5.74) is 9.69. The normalized spacial score (nSPS) is 13.3. The average Bonchev–Trinajstić information content (AvgIpc) is 3.18. The van der Waals surface area contributed by atoms with Gasteiger partial charge in [-0.15, -0.1) is 0 Å². The summed E-state index contributed by atoms with van der Waals surface area (Å²) in [6, 6.07) is 31.2. The first kappa shape index (κ1) is 23.2. The standard InChI is InChI=1S/C33H34O2/c1-5-19-34-31-17-15-25(21-23(31)3)33(26-16-18-32(24(4)22-26)35-20-6-2)29-13-9-7-11-27(29)28-12-8-10-14-30(28)33/h7-18,21-22H,5-6,19-20H2,1-4H3. The second-order valence-electron chi connectivity index (χ2n) is 9.50. The Morgan fingerprint density at radius 3 is 1.40 bits per heavy atom. The summed E-state index contributed by atoms with van der Waals surface area (Å²) in [6.07, 6.45) is 2.00. The Morgan fingerprint density at radius 1 is 0.571 bits per heavy atom. The molecule has 0 bridgehead atoms. The van der Waals surface area contributed by atoms with Gasteiger partial charge in [0.2, 0.25) is 0 Å². The largest absolute Gasteiger partial charge is 0.493 e. The van der Waals surface area contributed by atoms with Gasteiger partial charge in [-0.1, -0.05) is 86.6 Å². The Balaban J connectivity index is 1.78. The zero-order valence-corrected chi connectivity index (χ0v) is 21.2. The Hall–Kier alpha value is -3.52. The molecule has 4 aromatic rings. The van der Waals surface area contributed by atoms with Crippen molar-refractivity contribution in [2.24, 2.45) is 0 Å². The molecule has 1 aliphatic carbocycles. The lowest BCUT2D eigenvalue weighted by Gasteiger charge is -2.34. The molecular weight excluding hydrogens is 428 g/mol. The minimum atomic E-state index is -0.407. The van der Waals surface area contributed by atoms with E-state index in [2.05, 4.69) is 113 Å². The van der Waals surface area contributed by atoms with E-state index in [0.29, 0.717) is 0 Å². The molecule has 0 amide bonds. The van der Waals surface area contributed by atoms with Crippen LogP contribution < -0.4 is 9.47 Å². The van der Waals surface area contributed by atoms with Gasteiger partial charge in [-0.25, -0.2) is 0 Å². The van der Waals surface area contributed by atoms with Crippen LogP contribution in [-0.2, 0) is 5.41 Å². The minimum absolute atomic E-state index is 0.407. The highest BCUT2D eigenvalue weighted by atomic mass is 16.5. The Kier molecular flexibility index (Phi) is 6.38. The number of hydrogen-bond acceptors (Lipinski definition) is 2. The van der Waals surface area contributed by atoms with Gasteiger partial charge in [0.25, 0.3) is 0 Å². The molecule has 0 spiro atoms. The van der Waals surface area contributed by atoms with Crippen LogP contribution in [0, 0.1) is 13.8 Å². The van der Waals surface area contributed by atoms with Crippen molar-refractivity contribution in [3.05, 3.63) is 118 Å². The van der Waals surface area contributed by atoms with Crippen LogP contribution >= 0.6 is 0 Å². The predicted molar refractivity (Wildman–Crippen MR) is 145 cm³/mol. The van der Waals surface area contributed by atoms with Gasteiger partial charge in [-0.2, -0.15) is 0 Å². The van der Waals surface area contributed by atoms with Crippen molar-refractivity contribution in [1.29, 1.82) is 0 Å². The summed E-state index contributed by atoms with van der Waals surface area (Å²) >= 11 is 0. The van der Waals surface area contributed by atoms with Crippen molar-refractivity contribution in [3.8, 4) is 22.6 Å². The third kappa shape index (κ3) is 3.82. The van der Waals surface area contributed by atoms with E-state index in [9.17, 15) is 0 Å². The van der Waals surface area contributed by atoms with E-state index in [1.165, 1.54) is 33.4 Å². The summed E-state index contributed by atoms with van der Waals surface area (Å²) in [5, 5.41) is 0. The van der Waals surface area contributed by atoms with Gasteiger partial charge in [0, 0.05) is 0 Å². The number of fused-ring (bicyclic) bond motifs is 3. The molecule has 35 heavy (non-hydrogen) atoms. The van der Waals surface area contributed by atoms with E-state index in [1.807, 2.05) is 0 Å². The van der Waals surface area contributed by atoms with Gasteiger partial charge in [0.1, 0.15) is 11.5 Å². The number of rotatable bonds is 8. The molecule has 2 nitrogen and oxygen atoms in total. The van der Waals surface area contributed by atoms with Gasteiger partial charge < -0.3 is 9.47 Å². The molecule has 0 radical (unpaired) electrons. The Bertz CT molecular complexity index is 1250. The minimum Gasteiger partial charge on any atom is -0.493 e. The summed E-state index contributed by atoms with van der Waals surface area (Å²) in [4.78, 5) is 0. The molecule has 2 heteroatoms. The molecule has 0 N–H and O–H groups in total. The van der Waals surface area contributed by atoms with Crippen molar-refractivity contribution in [2.75, 3.05) is 13.2 Å². The summed E-state index contributed by atoms with van der Waals surface area (Å²) in [5.74, 6) is 1.93. The van der Waals surface area contributed by atoms with E-state index in [4.69, 9.17) is 9.47 Å². The summed E-state index contributed by atoms with van der Waals surface area (Å²) < 4.78 is 12.1. The van der Waals surface area contributed by atoms with Crippen LogP contribution in [0.1, 0.15) is 60.1 Å². The van der Waals surface area contributed by atoms with Crippen LogP contribution in [0.3, 0.4) is 0 Å². The highest BCUT2D eigenvalue weighted by Gasteiger charge is 2.46. The molecule has 0 heterocycles. The third-order valence-electron chi connectivity index (χ3n) is 7.09. The molecule has 4 aromatic carbocycles. The summed E-state index contributed by atoms with van der Waals surface area (Å²) in [7, 11) is 0. The molecule has 0 saturated carbocycles. The van der Waals surface area contributed by atoms with Crippen LogP contribution in [-0.4, -0.2) is 13.2 Å². The summed E-state index contributed by atoms with van der Waals surface area (Å²) in [6.45, 7) is 10.1. The van der Waals surface area contributed by atoms with E-state index >= 15 is 0 Å². The molecule has 0 fully saturated rings. The molecule has 0 aromatic heterocycles. The Morgan fingerprint density at radius 2 is 1.00 bits per heavy atom. The maximum absolute atomic E-state index is 6.04. The molecule has 0 atom stereocenters. The molecule has 5 rings (SSSR count). The van der Waals surface area contributed by atoms with Crippen LogP contribution in [0.5, 0.6) is 11.5 Å². The lowest BCUT2D eigenvalue weighted by Crippen LogP contribution is -2.29. The number of benzene rings is 4. The highest BCUT2D eigenvalue weighted by Crippen LogP contribution is 2.56. The number of ether oxygens (including phenoxy) is 2. The maximum Gasteiger partial charge on any atom is 0.122 e. The second kappa shape index (κ2) is 9.62. The van der Waals surface area contributed by atoms with Crippen LogP contribution in [0.15, 0.2) is 84.9 Å². The van der Waals surface area contributed by atoms with Crippen molar-refractivity contribution in [2.45, 2.75) is 46.0 Å². The van der Waals surface area contributed by atoms with E-state index in [0.717, 1.165) is 48.7 Å². The van der Waals surface area contributed by atoms with Crippen molar-refractivity contribution in [1.82, 2.24) is 0 Å². The van der Waals surface area contributed by atoms with Gasteiger partial charge in [-0.05, 0) is 83.3 Å². The van der Waals surface area contributed by atoms with Gasteiger partial charge in [0.15, 0.2) is 0 Å². The first-order chi connectivity index (χ1) is 17.1. The molecule has 0 aliphatic heterocycles. The first-order valence-electron chi connectivity index (χ1n) is 12.8. The van der Waals surface area contributed by atoms with Crippen molar-refractivity contribution >= 4 is 0 Å². The fourth-order valence-corrected chi connectivity index (χ4v) is 5.54. The quantitative estimate of drug-likeness (QED) is 0.231. The molecule has 0 unspecified atom stereocenters. The third-order valence-corrected chi connectivity index (χ3v) is 7.09. The van der Waals surface area contributed by atoms with Crippen LogP contribution in [0.25, 0.3) is 11.1 Å². The van der Waals surface area contributed by atoms with Gasteiger partial charge in [-0.3, -0.25) is 0 Å². The lowest BCUT2D eigenvalue weighted by molar-refractivity contribution is 0.315. The molecular formula is C33H34O2. The van der Waals surface area contributed by atoms with Gasteiger partial charge >= 0.3 is 0 Å². The first-order valence-corrected chi connectivity index (χ1v) is 12.8.